The van der Waals surface area contributed by atoms with Crippen LogP contribution in [0.2, 0.25) is 0 Å². The zero-order valence-corrected chi connectivity index (χ0v) is 21.1. The molecule has 2 aliphatic rings. The molecule has 10 heteroatoms. The number of carbonyl (C=O) groups excluding carboxylic acids is 3. The standard InChI is InChI=1S/C26H34N6O4/c1-18(25(34)27-23-17-21(28-29-23)19-10-11-19)20-7-4-5-8-22(20)36-26(35)32-15-13-31(14-16-32)24(33)9-6-12-30(2)3/h4-9,17-19H,10-16H2,1-3H3,(H2,27,28,29,34). The van der Waals surface area contributed by atoms with Crippen LogP contribution in [-0.2, 0) is 9.59 Å². The van der Waals surface area contributed by atoms with Gasteiger partial charge in [0.1, 0.15) is 5.75 Å². The van der Waals surface area contributed by atoms with Crippen LogP contribution in [0.25, 0.3) is 0 Å². The number of benzene rings is 1. The second-order valence-electron chi connectivity index (χ2n) is 9.58. The predicted molar refractivity (Wildman–Crippen MR) is 136 cm³/mol. The number of piperazine rings is 1. The third-order valence-corrected chi connectivity index (χ3v) is 6.42. The summed E-state index contributed by atoms with van der Waals surface area (Å²) in [4.78, 5) is 43.4. The lowest BCUT2D eigenvalue weighted by Crippen LogP contribution is -2.51. The molecule has 192 valence electrons. The molecule has 2 heterocycles. The molecule has 0 bridgehead atoms. The van der Waals surface area contributed by atoms with Crippen molar-refractivity contribution in [2.75, 3.05) is 52.1 Å². The maximum absolute atomic E-state index is 12.9. The minimum atomic E-state index is -0.557. The van der Waals surface area contributed by atoms with Crippen LogP contribution in [0.1, 0.15) is 42.9 Å². The first-order valence-electron chi connectivity index (χ1n) is 12.3. The van der Waals surface area contributed by atoms with Gasteiger partial charge in [-0.15, -0.1) is 0 Å². The first-order chi connectivity index (χ1) is 17.3. The molecule has 1 aliphatic carbocycles. The van der Waals surface area contributed by atoms with E-state index in [0.29, 0.717) is 55.8 Å². The summed E-state index contributed by atoms with van der Waals surface area (Å²) in [5.41, 5.74) is 1.65. The summed E-state index contributed by atoms with van der Waals surface area (Å²) in [6.45, 7) is 4.10. The van der Waals surface area contributed by atoms with E-state index in [9.17, 15) is 14.4 Å². The Kier molecular flexibility index (Phi) is 8.04. The highest BCUT2D eigenvalue weighted by Gasteiger charge is 2.28. The topological polar surface area (TPSA) is 111 Å². The highest BCUT2D eigenvalue weighted by atomic mass is 16.6. The van der Waals surface area contributed by atoms with Gasteiger partial charge in [0.15, 0.2) is 5.82 Å². The molecule has 36 heavy (non-hydrogen) atoms. The molecule has 3 amide bonds. The van der Waals surface area contributed by atoms with Gasteiger partial charge < -0.3 is 24.8 Å². The van der Waals surface area contributed by atoms with E-state index in [4.69, 9.17) is 4.74 Å². The Labute approximate surface area is 211 Å². The number of anilines is 1. The number of hydrogen-bond donors (Lipinski definition) is 2. The van der Waals surface area contributed by atoms with Crippen molar-refractivity contribution < 1.29 is 19.1 Å². The lowest BCUT2D eigenvalue weighted by atomic mass is 9.99. The van der Waals surface area contributed by atoms with Crippen LogP contribution in [0.3, 0.4) is 0 Å². The van der Waals surface area contributed by atoms with Crippen molar-refractivity contribution in [3.05, 3.63) is 53.7 Å². The summed E-state index contributed by atoms with van der Waals surface area (Å²) in [5.74, 6) is 0.500. The molecule has 10 nitrogen and oxygen atoms in total. The van der Waals surface area contributed by atoms with Gasteiger partial charge in [0.25, 0.3) is 0 Å². The number of ether oxygens (including phenoxy) is 1. The van der Waals surface area contributed by atoms with E-state index >= 15 is 0 Å². The minimum Gasteiger partial charge on any atom is -0.410 e. The molecule has 1 aliphatic heterocycles. The second-order valence-corrected chi connectivity index (χ2v) is 9.58. The minimum absolute atomic E-state index is 0.0591. The van der Waals surface area contributed by atoms with Gasteiger partial charge in [0.2, 0.25) is 11.8 Å². The van der Waals surface area contributed by atoms with E-state index in [2.05, 4.69) is 15.5 Å². The molecule has 1 saturated heterocycles. The molecule has 1 unspecified atom stereocenters. The van der Waals surface area contributed by atoms with Gasteiger partial charge in [-0.05, 0) is 39.9 Å². The van der Waals surface area contributed by atoms with Crippen LogP contribution >= 0.6 is 0 Å². The third kappa shape index (κ3) is 6.51. The molecule has 4 rings (SSSR count). The number of amides is 3. The number of H-pyrrole nitrogens is 1. The largest absolute Gasteiger partial charge is 0.415 e. The van der Waals surface area contributed by atoms with Crippen molar-refractivity contribution in [3.63, 3.8) is 0 Å². The van der Waals surface area contributed by atoms with Crippen molar-refractivity contribution in [3.8, 4) is 5.75 Å². The van der Waals surface area contributed by atoms with E-state index < -0.39 is 12.0 Å². The maximum atomic E-state index is 12.9. The zero-order valence-electron chi connectivity index (χ0n) is 21.1. The van der Waals surface area contributed by atoms with Crippen LogP contribution in [0.4, 0.5) is 10.6 Å². The molecular formula is C26H34N6O4. The van der Waals surface area contributed by atoms with Gasteiger partial charge in [-0.1, -0.05) is 24.3 Å². The van der Waals surface area contributed by atoms with Gasteiger partial charge in [0, 0.05) is 62.0 Å². The first-order valence-corrected chi connectivity index (χ1v) is 12.3. The Morgan fingerprint density at radius 1 is 1.17 bits per heavy atom. The van der Waals surface area contributed by atoms with Gasteiger partial charge in [-0.2, -0.15) is 5.10 Å². The molecule has 0 radical (unpaired) electrons. The number of hydrogen-bond acceptors (Lipinski definition) is 6. The summed E-state index contributed by atoms with van der Waals surface area (Å²) in [6.07, 6.45) is 5.20. The normalized spacial score (nSPS) is 16.9. The number of likely N-dealkylation sites (N-methyl/N-ethyl adjacent to an activating group) is 1. The van der Waals surface area contributed by atoms with E-state index in [1.807, 2.05) is 37.2 Å². The van der Waals surface area contributed by atoms with Crippen molar-refractivity contribution in [2.24, 2.45) is 0 Å². The molecule has 2 aromatic rings. The Morgan fingerprint density at radius 2 is 1.86 bits per heavy atom. The zero-order chi connectivity index (χ0) is 25.7. The second kappa shape index (κ2) is 11.4. The summed E-state index contributed by atoms with van der Waals surface area (Å²) in [7, 11) is 3.88. The summed E-state index contributed by atoms with van der Waals surface area (Å²) < 4.78 is 5.70. The number of aromatic nitrogens is 2. The van der Waals surface area contributed by atoms with Crippen molar-refractivity contribution in [1.82, 2.24) is 24.9 Å². The number of aromatic amines is 1. The van der Waals surface area contributed by atoms with E-state index in [-0.39, 0.29) is 11.8 Å². The number of nitrogens with one attached hydrogen (secondary N) is 2. The van der Waals surface area contributed by atoms with Gasteiger partial charge in [-0.3, -0.25) is 14.7 Å². The fraction of sp³-hybridized carbons (Fsp3) is 0.462. The van der Waals surface area contributed by atoms with Gasteiger partial charge in [0.05, 0.1) is 5.92 Å². The van der Waals surface area contributed by atoms with Crippen molar-refractivity contribution >= 4 is 23.7 Å². The lowest BCUT2D eigenvalue weighted by molar-refractivity contribution is -0.127. The van der Waals surface area contributed by atoms with Crippen LogP contribution < -0.4 is 10.1 Å². The third-order valence-electron chi connectivity index (χ3n) is 6.42. The van der Waals surface area contributed by atoms with Crippen molar-refractivity contribution in [2.45, 2.75) is 31.6 Å². The lowest BCUT2D eigenvalue weighted by Gasteiger charge is -2.33. The average Bonchev–Trinajstić information content (AvgIpc) is 3.62. The smallest absolute Gasteiger partial charge is 0.410 e. The van der Waals surface area contributed by atoms with E-state index in [1.54, 1.807) is 41.0 Å². The quantitative estimate of drug-likeness (QED) is 0.546. The molecular weight excluding hydrogens is 460 g/mol. The summed E-state index contributed by atoms with van der Waals surface area (Å²) in [6, 6.07) is 8.92. The molecule has 1 aromatic carbocycles. The summed E-state index contributed by atoms with van der Waals surface area (Å²) in [5, 5.41) is 10.0. The maximum Gasteiger partial charge on any atom is 0.415 e. The number of rotatable bonds is 8. The Bertz CT molecular complexity index is 1120. The fourth-order valence-electron chi connectivity index (χ4n) is 4.05. The molecule has 2 fully saturated rings. The van der Waals surface area contributed by atoms with Gasteiger partial charge >= 0.3 is 6.09 Å². The molecule has 1 aromatic heterocycles. The Morgan fingerprint density at radius 3 is 2.56 bits per heavy atom. The van der Waals surface area contributed by atoms with Crippen LogP contribution in [0, 0.1) is 0 Å². The highest BCUT2D eigenvalue weighted by molar-refractivity contribution is 5.95. The Hall–Kier alpha value is -3.66. The molecule has 1 atom stereocenters. The molecule has 2 N–H and O–H groups in total. The number of para-hydroxylation sites is 1. The number of nitrogens with zero attached hydrogens (tertiary/aromatic N) is 4. The van der Waals surface area contributed by atoms with Crippen LogP contribution in [-0.4, -0.2) is 89.6 Å². The molecule has 1 saturated carbocycles. The highest BCUT2D eigenvalue weighted by Crippen LogP contribution is 2.39. The van der Waals surface area contributed by atoms with Gasteiger partial charge in [-0.25, -0.2) is 4.79 Å². The van der Waals surface area contributed by atoms with E-state index in [0.717, 1.165) is 18.5 Å². The predicted octanol–water partition coefficient (Wildman–Crippen LogP) is 2.79. The van der Waals surface area contributed by atoms with Crippen LogP contribution in [0.15, 0.2) is 42.5 Å². The van der Waals surface area contributed by atoms with Crippen LogP contribution in [0.5, 0.6) is 5.75 Å². The van der Waals surface area contributed by atoms with Crippen molar-refractivity contribution in [1.29, 1.82) is 0 Å². The number of carbonyl (C=O) groups is 3. The monoisotopic (exact) mass is 494 g/mol. The average molecular weight is 495 g/mol. The Balaban J connectivity index is 1.32. The first kappa shape index (κ1) is 25.4. The molecule has 0 spiro atoms. The fourth-order valence-corrected chi connectivity index (χ4v) is 4.05. The SMILES string of the molecule is CC(C(=O)Nc1cc(C2CC2)[nH]n1)c1ccccc1OC(=O)N1CCN(C(=O)C=CCN(C)C)CC1. The van der Waals surface area contributed by atoms with E-state index in [1.165, 1.54) is 0 Å². The summed E-state index contributed by atoms with van der Waals surface area (Å²) >= 11 is 0.